The molecule has 17 heteroatoms. The Morgan fingerprint density at radius 1 is 0.388 bits per heavy atom. The first-order valence-electron chi connectivity index (χ1n) is 20.3. The van der Waals surface area contributed by atoms with E-state index in [0.29, 0.717) is 68.9 Å². The van der Waals surface area contributed by atoms with E-state index < -0.39 is 11.9 Å². The molecule has 0 saturated carbocycles. The number of aromatic carboxylic acids is 2. The normalized spacial score (nSPS) is 10.8. The van der Waals surface area contributed by atoms with Crippen molar-refractivity contribution in [2.75, 3.05) is 28.4 Å². The molecule has 16 nitrogen and oxygen atoms in total. The number of hydrogen-bond donors (Lipinski definition) is 4. The number of carbonyl (C=O) groups is 2. The third-order valence-corrected chi connectivity index (χ3v) is 10.7. The summed E-state index contributed by atoms with van der Waals surface area (Å²) in [6.07, 6.45) is 0. The quantitative estimate of drug-likeness (QED) is 0.114. The molecular formula is C50H38N8O8Si. The molecule has 5 heterocycles. The SMILES string of the molecule is COc1ccc(C(=O)O)cc1OC.COc1ccc(C(=O)O)cc1OC.[Si].c1ccc2c(c1)-c1nc-2nc2[nH]c(nc3nc(nc4[nH]c(n1)c1ccccc41)-c1ccccc1-3)c1ccccc21. The molecule has 2 aliphatic heterocycles. The van der Waals surface area contributed by atoms with Crippen molar-refractivity contribution in [3.05, 3.63) is 145 Å². The zero-order valence-corrected chi connectivity index (χ0v) is 37.2. The van der Waals surface area contributed by atoms with Crippen LogP contribution in [0.25, 0.3) is 89.7 Å². The molecule has 0 aliphatic carbocycles. The number of hydrogen-bond acceptors (Lipinski definition) is 12. The van der Waals surface area contributed by atoms with Crippen LogP contribution < -0.4 is 18.9 Å². The van der Waals surface area contributed by atoms with Crippen LogP contribution in [-0.4, -0.2) is 101 Å². The van der Waals surface area contributed by atoms with Gasteiger partial charge in [-0.05, 0) is 36.4 Å². The number of methoxy groups -OCH3 is 4. The lowest BCUT2D eigenvalue weighted by molar-refractivity contribution is 0.0685. The Morgan fingerprint density at radius 3 is 0.910 bits per heavy atom. The van der Waals surface area contributed by atoms with Gasteiger partial charge in [0.15, 0.2) is 46.3 Å². The molecule has 0 amide bonds. The highest BCUT2D eigenvalue weighted by molar-refractivity contribution is 6.06. The predicted octanol–water partition coefficient (Wildman–Crippen LogP) is 9.29. The van der Waals surface area contributed by atoms with Crippen LogP contribution in [0.15, 0.2) is 133 Å². The van der Waals surface area contributed by atoms with E-state index in [0.717, 1.165) is 43.8 Å². The van der Waals surface area contributed by atoms with Crippen molar-refractivity contribution in [3.63, 3.8) is 0 Å². The molecule has 3 aromatic heterocycles. The van der Waals surface area contributed by atoms with Crippen molar-refractivity contribution in [3.8, 4) is 68.5 Å². The van der Waals surface area contributed by atoms with E-state index in [-0.39, 0.29) is 22.1 Å². The fourth-order valence-electron chi connectivity index (χ4n) is 7.53. The highest BCUT2D eigenvalue weighted by atomic mass is 28.1. The number of ether oxygens (including phenoxy) is 4. The van der Waals surface area contributed by atoms with Gasteiger partial charge in [0, 0.05) is 54.8 Å². The summed E-state index contributed by atoms with van der Waals surface area (Å²) in [5.74, 6) is 2.30. The lowest BCUT2D eigenvalue weighted by Gasteiger charge is -2.07. The highest BCUT2D eigenvalue weighted by Crippen LogP contribution is 2.37. The average Bonchev–Trinajstić information content (AvgIpc) is 4.10. The smallest absolute Gasteiger partial charge is 0.335 e. The fraction of sp³-hybridized carbons (Fsp3) is 0.0800. The molecule has 0 fully saturated rings. The van der Waals surface area contributed by atoms with Crippen molar-refractivity contribution in [1.29, 1.82) is 0 Å². The molecular weight excluding hydrogens is 869 g/mol. The van der Waals surface area contributed by atoms with Crippen LogP contribution in [0.4, 0.5) is 0 Å². The van der Waals surface area contributed by atoms with E-state index in [1.807, 2.05) is 97.1 Å². The molecule has 4 N–H and O–H groups in total. The van der Waals surface area contributed by atoms with Crippen molar-refractivity contribution in [2.24, 2.45) is 0 Å². The number of nitrogens with one attached hydrogen (secondary N) is 2. The van der Waals surface area contributed by atoms with Gasteiger partial charge in [-0.15, -0.1) is 0 Å². The third-order valence-electron chi connectivity index (χ3n) is 10.7. The summed E-state index contributed by atoms with van der Waals surface area (Å²) in [6.45, 7) is 0. The fourth-order valence-corrected chi connectivity index (χ4v) is 7.53. The van der Waals surface area contributed by atoms with Gasteiger partial charge in [0.1, 0.15) is 22.6 Å². The molecule has 11 rings (SSSR count). The lowest BCUT2D eigenvalue weighted by atomic mass is 10.1. The van der Waals surface area contributed by atoms with Crippen LogP contribution in [0.5, 0.6) is 23.0 Å². The number of H-pyrrole nitrogens is 2. The minimum Gasteiger partial charge on any atom is -0.493 e. The molecule has 0 spiro atoms. The van der Waals surface area contributed by atoms with Gasteiger partial charge in [-0.3, -0.25) is 0 Å². The number of carboxylic acids is 2. The van der Waals surface area contributed by atoms with Crippen molar-refractivity contribution < 1.29 is 38.7 Å². The van der Waals surface area contributed by atoms with Crippen LogP contribution in [0.1, 0.15) is 20.7 Å². The number of carboxylic acid groups (broad SMARTS) is 2. The Morgan fingerprint density at radius 2 is 0.657 bits per heavy atom. The average molecular weight is 907 g/mol. The Hall–Kier alpha value is -8.96. The monoisotopic (exact) mass is 906 g/mol. The van der Waals surface area contributed by atoms with E-state index in [1.165, 1.54) is 52.7 Å². The second kappa shape index (κ2) is 19.0. The third kappa shape index (κ3) is 8.69. The number of aromatic amines is 2. The summed E-state index contributed by atoms with van der Waals surface area (Å²) in [6, 6.07) is 41.1. The Balaban J connectivity index is 0.000000186. The standard InChI is InChI=1S/C32H18N8.2C9H10O4.Si/c1-2-10-18-17(9-1)25-33-26(18)38-28-21-13-5-6-14-22(21)30(35-28)40-32-24-16-8-7-15-23(24)31(36-32)39-29-20-12-4-3-11-19(20)27(34-29)37-25;2*1-12-7-4-3-6(9(10)11)5-8(7)13-2;/h1-16H,(H2,33,34,35,36,37,38,39,40);2*3-5H,1-2H3,(H,10,11);. The molecule has 0 unspecified atom stereocenters. The maximum absolute atomic E-state index is 10.6. The van der Waals surface area contributed by atoms with Crippen molar-refractivity contribution in [1.82, 2.24) is 39.9 Å². The van der Waals surface area contributed by atoms with Crippen LogP contribution in [0.2, 0.25) is 0 Å². The molecule has 330 valence electrons. The second-order valence-corrected chi connectivity index (χ2v) is 14.5. The number of benzene rings is 6. The summed E-state index contributed by atoms with van der Waals surface area (Å²) in [5.41, 5.74) is 6.81. The summed E-state index contributed by atoms with van der Waals surface area (Å²) in [5, 5.41) is 21.2. The van der Waals surface area contributed by atoms with Gasteiger partial charge in [0.05, 0.1) is 39.6 Å². The molecule has 0 atom stereocenters. The first kappa shape index (κ1) is 44.6. The zero-order chi connectivity index (χ0) is 45.9. The second-order valence-electron chi connectivity index (χ2n) is 14.5. The Labute approximate surface area is 386 Å². The van der Waals surface area contributed by atoms with E-state index in [1.54, 1.807) is 12.1 Å². The van der Waals surface area contributed by atoms with Crippen LogP contribution >= 0.6 is 0 Å². The predicted molar refractivity (Wildman–Crippen MR) is 255 cm³/mol. The van der Waals surface area contributed by atoms with Crippen LogP contribution in [-0.2, 0) is 0 Å². The van der Waals surface area contributed by atoms with Crippen molar-refractivity contribution >= 4 is 67.0 Å². The molecule has 8 bridgehead atoms. The number of nitrogens with zero attached hydrogens (tertiary/aromatic N) is 6. The topological polar surface area (TPSA) is 220 Å². The van der Waals surface area contributed by atoms with Crippen LogP contribution in [0, 0.1) is 0 Å². The summed E-state index contributed by atoms with van der Waals surface area (Å²) >= 11 is 0. The summed E-state index contributed by atoms with van der Waals surface area (Å²) in [7, 11) is 5.92. The van der Waals surface area contributed by atoms with Gasteiger partial charge in [-0.2, -0.15) is 0 Å². The Bertz CT molecular complexity index is 3150. The number of aromatic nitrogens is 8. The molecule has 67 heavy (non-hydrogen) atoms. The molecule has 9 aromatic rings. The number of rotatable bonds is 6. The number of fused-ring (bicyclic) bond motifs is 20. The molecule has 2 aliphatic rings. The lowest BCUT2D eigenvalue weighted by Crippen LogP contribution is -1.98. The summed E-state index contributed by atoms with van der Waals surface area (Å²) in [4.78, 5) is 57.9. The zero-order valence-electron chi connectivity index (χ0n) is 36.2. The van der Waals surface area contributed by atoms with Gasteiger partial charge in [0.25, 0.3) is 0 Å². The highest BCUT2D eigenvalue weighted by Gasteiger charge is 2.22. The van der Waals surface area contributed by atoms with Crippen LogP contribution in [0.3, 0.4) is 0 Å². The summed E-state index contributed by atoms with van der Waals surface area (Å²) < 4.78 is 19.8. The van der Waals surface area contributed by atoms with Gasteiger partial charge in [0.2, 0.25) is 0 Å². The molecule has 0 saturated heterocycles. The van der Waals surface area contributed by atoms with Gasteiger partial charge < -0.3 is 39.1 Å². The van der Waals surface area contributed by atoms with Crippen molar-refractivity contribution in [2.45, 2.75) is 0 Å². The maximum Gasteiger partial charge on any atom is 0.335 e. The Kier molecular flexibility index (Phi) is 12.7. The minimum absolute atomic E-state index is 0. The van der Waals surface area contributed by atoms with E-state index in [2.05, 4.69) is 9.97 Å². The van der Waals surface area contributed by atoms with E-state index in [4.69, 9.17) is 59.1 Å². The van der Waals surface area contributed by atoms with E-state index in [9.17, 15) is 9.59 Å². The first-order valence-corrected chi connectivity index (χ1v) is 20.3. The molecule has 4 radical (unpaired) electrons. The van der Waals surface area contributed by atoms with Gasteiger partial charge >= 0.3 is 11.9 Å². The molecule has 6 aromatic carbocycles. The van der Waals surface area contributed by atoms with E-state index >= 15 is 0 Å². The van der Waals surface area contributed by atoms with Gasteiger partial charge in [-0.1, -0.05) is 97.1 Å². The minimum atomic E-state index is -0.985. The maximum atomic E-state index is 10.6. The van der Waals surface area contributed by atoms with Gasteiger partial charge in [-0.25, -0.2) is 39.5 Å². The largest absolute Gasteiger partial charge is 0.493 e. The first-order chi connectivity index (χ1) is 32.2.